The molecule has 0 amide bonds. The molecule has 1 heterocycles. The molecule has 4 heteroatoms. The lowest BCUT2D eigenvalue weighted by Gasteiger charge is -1.99. The van der Waals surface area contributed by atoms with Gasteiger partial charge in [0.2, 0.25) is 0 Å². The highest BCUT2D eigenvalue weighted by molar-refractivity contribution is 14.1. The van der Waals surface area contributed by atoms with Crippen molar-refractivity contribution >= 4 is 28.4 Å². The van der Waals surface area contributed by atoms with Crippen LogP contribution < -0.4 is 5.73 Å². The van der Waals surface area contributed by atoms with E-state index in [1.807, 2.05) is 11.6 Å². The van der Waals surface area contributed by atoms with Gasteiger partial charge in [0.15, 0.2) is 5.82 Å². The molecule has 1 rings (SSSR count). The van der Waals surface area contributed by atoms with Gasteiger partial charge in [0.05, 0.1) is 9.26 Å². The minimum atomic E-state index is 0.650. The number of rotatable bonds is 2. The molecule has 62 valence electrons. The second-order valence-corrected chi connectivity index (χ2v) is 3.59. The summed E-state index contributed by atoms with van der Waals surface area (Å²) < 4.78 is 3.04. The Kier molecular flexibility index (Phi) is 2.75. The molecule has 0 fully saturated rings. The number of halogens is 1. The van der Waals surface area contributed by atoms with E-state index in [9.17, 15) is 0 Å². The molecule has 0 aromatic carbocycles. The van der Waals surface area contributed by atoms with Gasteiger partial charge in [-0.05, 0) is 35.9 Å². The van der Waals surface area contributed by atoms with Gasteiger partial charge < -0.3 is 5.73 Å². The zero-order valence-electron chi connectivity index (χ0n) is 6.76. The highest BCUT2D eigenvalue weighted by Crippen LogP contribution is 2.17. The van der Waals surface area contributed by atoms with E-state index in [1.54, 1.807) is 0 Å². The monoisotopic (exact) mass is 265 g/mol. The summed E-state index contributed by atoms with van der Waals surface area (Å²) in [6.07, 6.45) is 1.10. The predicted octanol–water partition coefficient (Wildman–Crippen LogP) is 1.79. The van der Waals surface area contributed by atoms with E-state index in [-0.39, 0.29) is 0 Å². The van der Waals surface area contributed by atoms with E-state index in [2.05, 4.69) is 34.6 Å². The lowest BCUT2D eigenvalue weighted by molar-refractivity contribution is 0.589. The largest absolute Gasteiger partial charge is 0.381 e. The summed E-state index contributed by atoms with van der Waals surface area (Å²) in [4.78, 5) is 0. The number of nitrogens with two attached hydrogens (primary N) is 1. The molecule has 0 unspecified atom stereocenters. The molecule has 0 saturated carbocycles. The molecule has 0 spiro atoms. The average Bonchev–Trinajstić information content (AvgIpc) is 2.19. The lowest BCUT2D eigenvalue weighted by atomic mass is 10.4. The molecule has 3 nitrogen and oxygen atoms in total. The molecule has 0 radical (unpaired) electrons. The first-order valence-corrected chi connectivity index (χ1v) is 4.73. The van der Waals surface area contributed by atoms with Crippen molar-refractivity contribution in [1.82, 2.24) is 9.78 Å². The number of aryl methyl sites for hydroxylation is 1. The van der Waals surface area contributed by atoms with E-state index >= 15 is 0 Å². The molecule has 2 N–H and O–H groups in total. The zero-order chi connectivity index (χ0) is 8.43. The fraction of sp³-hybridized carbons (Fsp3) is 0.571. The standard InChI is InChI=1S/C7H12IN3/c1-3-4-11-5(2)6(8)7(9)10-11/h3-4H2,1-2H3,(H2,9,10). The van der Waals surface area contributed by atoms with E-state index in [0.717, 1.165) is 16.5 Å². The first kappa shape index (κ1) is 8.83. The summed E-state index contributed by atoms with van der Waals surface area (Å²) in [6.45, 7) is 5.13. The van der Waals surface area contributed by atoms with Crippen molar-refractivity contribution in [2.75, 3.05) is 5.73 Å². The van der Waals surface area contributed by atoms with Crippen LogP contribution >= 0.6 is 22.6 Å². The van der Waals surface area contributed by atoms with E-state index in [1.165, 1.54) is 5.69 Å². The summed E-state index contributed by atoms with van der Waals surface area (Å²) in [7, 11) is 0. The molecule has 1 aromatic rings. The normalized spacial score (nSPS) is 10.5. The van der Waals surface area contributed by atoms with Crippen LogP contribution in [0.5, 0.6) is 0 Å². The summed E-state index contributed by atoms with van der Waals surface area (Å²) in [6, 6.07) is 0. The minimum absolute atomic E-state index is 0.650. The fourth-order valence-corrected chi connectivity index (χ4v) is 1.36. The van der Waals surface area contributed by atoms with Crippen molar-refractivity contribution in [3.8, 4) is 0 Å². The molecule has 0 bridgehead atoms. The van der Waals surface area contributed by atoms with E-state index < -0.39 is 0 Å². The first-order chi connectivity index (χ1) is 5.16. The highest BCUT2D eigenvalue weighted by Gasteiger charge is 2.07. The first-order valence-electron chi connectivity index (χ1n) is 3.65. The van der Waals surface area contributed by atoms with Gasteiger partial charge in [0.25, 0.3) is 0 Å². The van der Waals surface area contributed by atoms with Crippen molar-refractivity contribution in [3.63, 3.8) is 0 Å². The van der Waals surface area contributed by atoms with Gasteiger partial charge in [0.1, 0.15) is 0 Å². The van der Waals surface area contributed by atoms with Gasteiger partial charge in [-0.3, -0.25) is 4.68 Å². The smallest absolute Gasteiger partial charge is 0.159 e. The lowest BCUT2D eigenvalue weighted by Crippen LogP contribution is -2.01. The fourth-order valence-electron chi connectivity index (χ4n) is 0.977. The predicted molar refractivity (Wildman–Crippen MR) is 54.4 cm³/mol. The van der Waals surface area contributed by atoms with Crippen molar-refractivity contribution in [3.05, 3.63) is 9.26 Å². The van der Waals surface area contributed by atoms with Crippen molar-refractivity contribution in [2.45, 2.75) is 26.8 Å². The molecular weight excluding hydrogens is 253 g/mol. The van der Waals surface area contributed by atoms with Gasteiger partial charge >= 0.3 is 0 Å². The average molecular weight is 265 g/mol. The number of nitrogen functional groups attached to an aromatic ring is 1. The Morgan fingerprint density at radius 3 is 2.64 bits per heavy atom. The van der Waals surface area contributed by atoms with Crippen molar-refractivity contribution in [2.24, 2.45) is 0 Å². The number of nitrogens with zero attached hydrogens (tertiary/aromatic N) is 2. The summed E-state index contributed by atoms with van der Waals surface area (Å²) in [5.41, 5.74) is 6.80. The Bertz CT molecular complexity index is 254. The number of hydrogen-bond donors (Lipinski definition) is 1. The van der Waals surface area contributed by atoms with Crippen LogP contribution in [0, 0.1) is 10.5 Å². The SMILES string of the molecule is CCCn1nc(N)c(I)c1C. The van der Waals surface area contributed by atoms with Crippen LogP contribution in [0.1, 0.15) is 19.0 Å². The molecule has 11 heavy (non-hydrogen) atoms. The Balaban J connectivity index is 2.98. The topological polar surface area (TPSA) is 43.8 Å². The third-order valence-corrected chi connectivity index (χ3v) is 2.93. The van der Waals surface area contributed by atoms with Crippen LogP contribution in [-0.2, 0) is 6.54 Å². The zero-order valence-corrected chi connectivity index (χ0v) is 8.92. The van der Waals surface area contributed by atoms with Crippen LogP contribution in [0.15, 0.2) is 0 Å². The van der Waals surface area contributed by atoms with Gasteiger partial charge in [-0.15, -0.1) is 0 Å². The van der Waals surface area contributed by atoms with Gasteiger partial charge in [-0.25, -0.2) is 0 Å². The Hall–Kier alpha value is -0.260. The summed E-state index contributed by atoms with van der Waals surface area (Å²) >= 11 is 2.22. The molecule has 0 atom stereocenters. The summed E-state index contributed by atoms with van der Waals surface area (Å²) in [5, 5.41) is 4.19. The molecule has 1 aromatic heterocycles. The number of anilines is 1. The van der Waals surface area contributed by atoms with Crippen LogP contribution in [0.25, 0.3) is 0 Å². The quantitative estimate of drug-likeness (QED) is 0.828. The third-order valence-electron chi connectivity index (χ3n) is 1.59. The maximum Gasteiger partial charge on any atom is 0.159 e. The minimum Gasteiger partial charge on any atom is -0.381 e. The molecular formula is C7H12IN3. The van der Waals surface area contributed by atoms with Crippen LogP contribution in [0.2, 0.25) is 0 Å². The van der Waals surface area contributed by atoms with Gasteiger partial charge in [-0.1, -0.05) is 6.92 Å². The Labute approximate surface area is 80.1 Å². The Morgan fingerprint density at radius 2 is 2.27 bits per heavy atom. The third kappa shape index (κ3) is 1.66. The van der Waals surface area contributed by atoms with Gasteiger partial charge in [-0.2, -0.15) is 5.10 Å². The molecule has 0 aliphatic carbocycles. The number of aromatic nitrogens is 2. The van der Waals surface area contributed by atoms with Crippen LogP contribution in [-0.4, -0.2) is 9.78 Å². The molecule has 0 aliphatic heterocycles. The molecule has 0 aliphatic rings. The maximum absolute atomic E-state index is 5.63. The Morgan fingerprint density at radius 1 is 1.64 bits per heavy atom. The summed E-state index contributed by atoms with van der Waals surface area (Å²) in [5.74, 6) is 0.650. The highest BCUT2D eigenvalue weighted by atomic mass is 127. The van der Waals surface area contributed by atoms with Crippen molar-refractivity contribution < 1.29 is 0 Å². The maximum atomic E-state index is 5.63. The second kappa shape index (κ2) is 3.42. The van der Waals surface area contributed by atoms with Crippen LogP contribution in [0.3, 0.4) is 0 Å². The van der Waals surface area contributed by atoms with Crippen LogP contribution in [0.4, 0.5) is 5.82 Å². The molecule has 0 saturated heterocycles. The van der Waals surface area contributed by atoms with Gasteiger partial charge in [0, 0.05) is 6.54 Å². The van der Waals surface area contributed by atoms with E-state index in [4.69, 9.17) is 5.73 Å². The number of hydrogen-bond acceptors (Lipinski definition) is 2. The van der Waals surface area contributed by atoms with E-state index in [0.29, 0.717) is 5.82 Å². The second-order valence-electron chi connectivity index (χ2n) is 2.51. The van der Waals surface area contributed by atoms with Crippen molar-refractivity contribution in [1.29, 1.82) is 0 Å².